The van der Waals surface area contributed by atoms with Gasteiger partial charge in [-0.1, -0.05) is 23.5 Å². The number of anilines is 1. The summed E-state index contributed by atoms with van der Waals surface area (Å²) in [6.07, 6.45) is 0. The molecule has 6 nitrogen and oxygen atoms in total. The maximum Gasteiger partial charge on any atom is 0.317 e. The quantitative estimate of drug-likeness (QED) is 0.931. The molecule has 1 unspecified atom stereocenters. The van der Waals surface area contributed by atoms with Gasteiger partial charge in [-0.3, -0.25) is 0 Å². The predicted molar refractivity (Wildman–Crippen MR) is 93.3 cm³/mol. The van der Waals surface area contributed by atoms with Gasteiger partial charge in [-0.05, 0) is 19.1 Å². The molecule has 0 aliphatic carbocycles. The van der Waals surface area contributed by atoms with Gasteiger partial charge in [-0.25, -0.2) is 9.78 Å². The van der Waals surface area contributed by atoms with Crippen LogP contribution in [-0.2, 0) is 4.74 Å². The molecule has 3 rings (SSSR count). The van der Waals surface area contributed by atoms with Crippen molar-refractivity contribution in [2.45, 2.75) is 13.0 Å². The highest BCUT2D eigenvalue weighted by atomic mass is 32.1. The number of hydrogen-bond donors (Lipinski definition) is 1. The van der Waals surface area contributed by atoms with E-state index in [0.717, 1.165) is 23.7 Å². The fourth-order valence-electron chi connectivity index (χ4n) is 2.69. The predicted octanol–water partition coefficient (Wildman–Crippen LogP) is 2.16. The number of carbonyl (C=O) groups excluding carboxylic acids is 1. The van der Waals surface area contributed by atoms with Crippen LogP contribution in [0.4, 0.5) is 9.93 Å². The maximum atomic E-state index is 12.2. The van der Waals surface area contributed by atoms with Crippen LogP contribution in [0.25, 0.3) is 10.2 Å². The van der Waals surface area contributed by atoms with E-state index in [-0.39, 0.29) is 12.1 Å². The van der Waals surface area contributed by atoms with Gasteiger partial charge in [0.25, 0.3) is 0 Å². The van der Waals surface area contributed by atoms with Crippen molar-refractivity contribution in [3.8, 4) is 0 Å². The average molecular weight is 334 g/mol. The number of carbonyl (C=O) groups is 1. The largest absolute Gasteiger partial charge is 0.383 e. The van der Waals surface area contributed by atoms with E-state index in [9.17, 15) is 4.79 Å². The molecule has 2 heterocycles. The number of hydrogen-bond acceptors (Lipinski definition) is 5. The van der Waals surface area contributed by atoms with Gasteiger partial charge in [-0.2, -0.15) is 0 Å². The van der Waals surface area contributed by atoms with E-state index in [1.165, 1.54) is 4.70 Å². The van der Waals surface area contributed by atoms with E-state index in [0.29, 0.717) is 19.7 Å². The monoisotopic (exact) mass is 334 g/mol. The minimum Gasteiger partial charge on any atom is -0.383 e. The van der Waals surface area contributed by atoms with Crippen LogP contribution in [-0.4, -0.2) is 61.9 Å². The van der Waals surface area contributed by atoms with E-state index in [1.807, 2.05) is 30.0 Å². The molecule has 1 aromatic carbocycles. The fourth-order valence-corrected chi connectivity index (χ4v) is 3.71. The standard InChI is InChI=1S/C16H22N4O2S/c1-12(11-22-2)17-15(21)19-7-9-20(10-8-19)16-18-13-5-3-4-6-14(13)23-16/h3-6,12H,7-11H2,1-2H3,(H,17,21). The topological polar surface area (TPSA) is 57.7 Å². The Morgan fingerprint density at radius 2 is 2.09 bits per heavy atom. The lowest BCUT2D eigenvalue weighted by atomic mass is 10.3. The van der Waals surface area contributed by atoms with Crippen molar-refractivity contribution in [3.63, 3.8) is 0 Å². The first kappa shape index (κ1) is 16.0. The lowest BCUT2D eigenvalue weighted by molar-refractivity contribution is 0.158. The average Bonchev–Trinajstić information content (AvgIpc) is 2.99. The first-order chi connectivity index (χ1) is 11.2. The number of amides is 2. The van der Waals surface area contributed by atoms with Crippen molar-refractivity contribution in [3.05, 3.63) is 24.3 Å². The van der Waals surface area contributed by atoms with Gasteiger partial charge in [0, 0.05) is 33.3 Å². The highest BCUT2D eigenvalue weighted by Crippen LogP contribution is 2.29. The van der Waals surface area contributed by atoms with Crippen LogP contribution in [0.2, 0.25) is 0 Å². The Bertz CT molecular complexity index is 634. The summed E-state index contributed by atoms with van der Waals surface area (Å²) in [6, 6.07) is 8.18. The number of urea groups is 1. The summed E-state index contributed by atoms with van der Waals surface area (Å²) in [5, 5.41) is 4.00. The molecule has 124 valence electrons. The third-order valence-electron chi connectivity index (χ3n) is 3.91. The summed E-state index contributed by atoms with van der Waals surface area (Å²) >= 11 is 1.71. The number of nitrogens with zero attached hydrogens (tertiary/aromatic N) is 3. The number of rotatable bonds is 4. The van der Waals surface area contributed by atoms with Crippen LogP contribution in [0.3, 0.4) is 0 Å². The molecule has 0 spiro atoms. The summed E-state index contributed by atoms with van der Waals surface area (Å²) in [6.45, 7) is 5.51. The van der Waals surface area contributed by atoms with Crippen LogP contribution in [0, 0.1) is 0 Å². The second-order valence-corrected chi connectivity index (χ2v) is 6.75. The zero-order chi connectivity index (χ0) is 16.2. The fraction of sp³-hybridized carbons (Fsp3) is 0.500. The van der Waals surface area contributed by atoms with Gasteiger partial charge >= 0.3 is 6.03 Å². The number of nitrogens with one attached hydrogen (secondary N) is 1. The molecule has 1 atom stereocenters. The molecule has 1 aliphatic rings. The normalized spacial score (nSPS) is 16.6. The Labute approximate surface area is 140 Å². The number of piperazine rings is 1. The van der Waals surface area contributed by atoms with Crippen molar-refractivity contribution < 1.29 is 9.53 Å². The van der Waals surface area contributed by atoms with Crippen molar-refractivity contribution >= 4 is 32.7 Å². The second-order valence-electron chi connectivity index (χ2n) is 5.74. The van der Waals surface area contributed by atoms with Gasteiger partial charge in [0.15, 0.2) is 5.13 Å². The van der Waals surface area contributed by atoms with E-state index in [1.54, 1.807) is 18.4 Å². The molecule has 0 radical (unpaired) electrons. The number of benzene rings is 1. The Morgan fingerprint density at radius 3 is 2.78 bits per heavy atom. The molecule has 1 aliphatic heterocycles. The first-order valence-corrected chi connectivity index (χ1v) is 8.64. The van der Waals surface area contributed by atoms with Crippen molar-refractivity contribution in [2.75, 3.05) is 44.8 Å². The summed E-state index contributed by atoms with van der Waals surface area (Å²) in [5.74, 6) is 0. The van der Waals surface area contributed by atoms with Crippen LogP contribution < -0.4 is 10.2 Å². The van der Waals surface area contributed by atoms with Gasteiger partial charge in [0.05, 0.1) is 22.9 Å². The van der Waals surface area contributed by atoms with E-state index in [4.69, 9.17) is 4.74 Å². The van der Waals surface area contributed by atoms with Gasteiger partial charge in [-0.15, -0.1) is 0 Å². The molecule has 23 heavy (non-hydrogen) atoms. The molecule has 2 amide bonds. The minimum atomic E-state index is -0.0153. The Hall–Kier alpha value is -1.86. The number of ether oxygens (including phenoxy) is 1. The van der Waals surface area contributed by atoms with Gasteiger partial charge in [0.2, 0.25) is 0 Å². The minimum absolute atomic E-state index is 0.0153. The molecular weight excluding hydrogens is 312 g/mol. The van der Waals surface area contributed by atoms with E-state index >= 15 is 0 Å². The highest BCUT2D eigenvalue weighted by molar-refractivity contribution is 7.22. The summed E-state index contributed by atoms with van der Waals surface area (Å²) in [7, 11) is 1.64. The molecule has 7 heteroatoms. The van der Waals surface area contributed by atoms with Crippen LogP contribution in [0.5, 0.6) is 0 Å². The number of para-hydroxylation sites is 1. The van der Waals surface area contributed by atoms with Gasteiger partial charge in [0.1, 0.15) is 0 Å². The lowest BCUT2D eigenvalue weighted by Gasteiger charge is -2.35. The second kappa shape index (κ2) is 7.14. The van der Waals surface area contributed by atoms with Crippen molar-refractivity contribution in [2.24, 2.45) is 0 Å². The molecule has 1 N–H and O–H groups in total. The Morgan fingerprint density at radius 1 is 1.35 bits per heavy atom. The maximum absolute atomic E-state index is 12.2. The number of methoxy groups -OCH3 is 1. The Balaban J connectivity index is 1.56. The molecule has 0 bridgehead atoms. The van der Waals surface area contributed by atoms with Crippen molar-refractivity contribution in [1.29, 1.82) is 0 Å². The first-order valence-electron chi connectivity index (χ1n) is 7.82. The molecule has 1 saturated heterocycles. The van der Waals surface area contributed by atoms with Crippen LogP contribution in [0.1, 0.15) is 6.92 Å². The van der Waals surface area contributed by atoms with Crippen molar-refractivity contribution in [1.82, 2.24) is 15.2 Å². The van der Waals surface area contributed by atoms with Crippen LogP contribution >= 0.6 is 11.3 Å². The smallest absolute Gasteiger partial charge is 0.317 e. The van der Waals surface area contributed by atoms with E-state index < -0.39 is 0 Å². The Kier molecular flexibility index (Phi) is 4.97. The number of aromatic nitrogens is 1. The van der Waals surface area contributed by atoms with E-state index in [2.05, 4.69) is 21.3 Å². The zero-order valence-corrected chi connectivity index (χ0v) is 14.3. The zero-order valence-electron chi connectivity index (χ0n) is 13.5. The SMILES string of the molecule is COCC(C)NC(=O)N1CCN(c2nc3ccccc3s2)CC1. The van der Waals surface area contributed by atoms with Gasteiger partial charge < -0.3 is 19.9 Å². The summed E-state index contributed by atoms with van der Waals surface area (Å²) < 4.78 is 6.25. The van der Waals surface area contributed by atoms with Crippen LogP contribution in [0.15, 0.2) is 24.3 Å². The molecule has 1 aromatic heterocycles. The number of thiazole rings is 1. The molecular formula is C16H22N4O2S. The number of fused-ring (bicyclic) bond motifs is 1. The summed E-state index contributed by atoms with van der Waals surface area (Å²) in [5.41, 5.74) is 1.04. The molecule has 2 aromatic rings. The third kappa shape index (κ3) is 3.73. The summed E-state index contributed by atoms with van der Waals surface area (Å²) in [4.78, 5) is 21.0. The lowest BCUT2D eigenvalue weighted by Crippen LogP contribution is -2.53. The molecule has 0 saturated carbocycles. The third-order valence-corrected chi connectivity index (χ3v) is 5.00. The molecule has 1 fully saturated rings. The highest BCUT2D eigenvalue weighted by Gasteiger charge is 2.23.